The molecule has 50 valence electrons. The normalized spacial score (nSPS) is 51.9. The number of halogens is 1. The van der Waals surface area contributed by atoms with Gasteiger partial charge in [-0.2, -0.15) is 0 Å². The number of aliphatic hydroxyl groups excluding tert-OH is 1. The molecule has 2 nitrogen and oxygen atoms in total. The molecule has 0 aromatic rings. The highest BCUT2D eigenvalue weighted by molar-refractivity contribution is 14.1. The maximum absolute atomic E-state index is 9.22. The van der Waals surface area contributed by atoms with Gasteiger partial charge in [-0.25, -0.2) is 0 Å². The zero-order chi connectivity index (χ0) is 7.02. The molecule has 1 aliphatic heterocycles. The van der Waals surface area contributed by atoms with Crippen molar-refractivity contribution in [3.05, 3.63) is 0 Å². The van der Waals surface area contributed by atoms with E-state index in [0.717, 1.165) is 0 Å². The van der Waals surface area contributed by atoms with E-state index in [-0.39, 0.29) is 16.0 Å². The number of alkyl halides is 1. The molecule has 1 saturated heterocycles. The van der Waals surface area contributed by atoms with E-state index in [4.69, 9.17) is 12.6 Å². The molecular formula is C5H8BIO2. The quantitative estimate of drug-likeness (QED) is 0.367. The Bertz CT molecular complexity index is 99.1. The molecule has 0 amide bonds. The standard InChI is InChI=1S/C5H8BIO2/c1-2-4(8)3(7)5(6)9-2/h2-5,8H,1H3/t2?,3-,4-,5-/m1/s1. The van der Waals surface area contributed by atoms with Crippen molar-refractivity contribution in [3.63, 3.8) is 0 Å². The van der Waals surface area contributed by atoms with E-state index < -0.39 is 6.10 Å². The summed E-state index contributed by atoms with van der Waals surface area (Å²) in [5.41, 5.74) is 0. The lowest BCUT2D eigenvalue weighted by Crippen LogP contribution is -2.26. The Hall–Kier alpha value is 0.715. The topological polar surface area (TPSA) is 29.5 Å². The molecule has 9 heavy (non-hydrogen) atoms. The van der Waals surface area contributed by atoms with E-state index in [2.05, 4.69) is 22.6 Å². The van der Waals surface area contributed by atoms with Gasteiger partial charge in [0.25, 0.3) is 0 Å². The van der Waals surface area contributed by atoms with Gasteiger partial charge in [-0.15, -0.1) is 0 Å². The summed E-state index contributed by atoms with van der Waals surface area (Å²) >= 11 is 2.10. The fraction of sp³-hybridized carbons (Fsp3) is 1.00. The van der Waals surface area contributed by atoms with E-state index in [1.807, 2.05) is 6.92 Å². The molecule has 0 aliphatic carbocycles. The number of rotatable bonds is 0. The number of aliphatic hydroxyl groups is 1. The lowest BCUT2D eigenvalue weighted by atomic mass is 9.96. The van der Waals surface area contributed by atoms with Crippen molar-refractivity contribution in [2.45, 2.75) is 29.1 Å². The highest BCUT2D eigenvalue weighted by Crippen LogP contribution is 2.25. The molecule has 4 atom stereocenters. The van der Waals surface area contributed by atoms with Crippen molar-refractivity contribution < 1.29 is 9.84 Å². The molecule has 1 N–H and O–H groups in total. The van der Waals surface area contributed by atoms with Gasteiger partial charge >= 0.3 is 0 Å². The van der Waals surface area contributed by atoms with Crippen LogP contribution in [0.25, 0.3) is 0 Å². The summed E-state index contributed by atoms with van der Waals surface area (Å²) in [6.07, 6.45) is -0.512. The Morgan fingerprint density at radius 2 is 2.22 bits per heavy atom. The first-order valence-electron chi connectivity index (χ1n) is 2.86. The zero-order valence-electron chi connectivity index (χ0n) is 5.12. The van der Waals surface area contributed by atoms with Crippen LogP contribution in [0.4, 0.5) is 0 Å². The molecule has 1 fully saturated rings. The average molecular weight is 238 g/mol. The summed E-state index contributed by atoms with van der Waals surface area (Å²) in [4.78, 5) is 0. The van der Waals surface area contributed by atoms with Crippen molar-refractivity contribution in [2.75, 3.05) is 0 Å². The second-order valence-electron chi connectivity index (χ2n) is 2.24. The van der Waals surface area contributed by atoms with Gasteiger partial charge in [0.2, 0.25) is 0 Å². The zero-order valence-corrected chi connectivity index (χ0v) is 7.28. The monoisotopic (exact) mass is 238 g/mol. The van der Waals surface area contributed by atoms with E-state index in [1.54, 1.807) is 0 Å². The average Bonchev–Trinajstić information content (AvgIpc) is 1.98. The molecule has 2 radical (unpaired) electrons. The maximum atomic E-state index is 9.22. The van der Waals surface area contributed by atoms with Gasteiger partial charge in [0, 0.05) is 6.00 Å². The van der Waals surface area contributed by atoms with E-state index in [0.29, 0.717) is 0 Å². The lowest BCUT2D eigenvalue weighted by Gasteiger charge is -2.07. The summed E-state index contributed by atoms with van der Waals surface area (Å²) < 4.78 is 5.15. The SMILES string of the molecule is [B][C@@H]1OC(C)[C@@H](O)[C@H]1I. The fourth-order valence-electron chi connectivity index (χ4n) is 0.857. The summed E-state index contributed by atoms with van der Waals surface area (Å²) in [6, 6.07) is -0.296. The number of hydrogen-bond acceptors (Lipinski definition) is 2. The summed E-state index contributed by atoms with van der Waals surface area (Å²) in [6.45, 7) is 1.82. The van der Waals surface area contributed by atoms with Crippen LogP contribution in [0.15, 0.2) is 0 Å². The molecule has 1 heterocycles. The molecule has 0 saturated carbocycles. The summed E-state index contributed by atoms with van der Waals surface area (Å²) in [5.74, 6) is 0. The van der Waals surface area contributed by atoms with Crippen molar-refractivity contribution in [3.8, 4) is 0 Å². The summed E-state index contributed by atoms with van der Waals surface area (Å²) in [7, 11) is 5.47. The van der Waals surface area contributed by atoms with E-state index in [1.165, 1.54) is 0 Å². The maximum Gasteiger partial charge on any atom is 0.110 e. The minimum absolute atomic E-state index is 0.0394. The van der Waals surface area contributed by atoms with Crippen LogP contribution in [-0.4, -0.2) is 35.1 Å². The van der Waals surface area contributed by atoms with Crippen LogP contribution in [0.5, 0.6) is 0 Å². The van der Waals surface area contributed by atoms with Gasteiger partial charge in [-0.3, -0.25) is 0 Å². The largest absolute Gasteiger partial charge is 0.389 e. The molecular weight excluding hydrogens is 230 g/mol. The minimum atomic E-state index is -0.402. The first-order valence-corrected chi connectivity index (χ1v) is 4.10. The molecule has 0 aromatic heterocycles. The number of ether oxygens (including phenoxy) is 1. The highest BCUT2D eigenvalue weighted by atomic mass is 127. The molecule has 0 spiro atoms. The minimum Gasteiger partial charge on any atom is -0.389 e. The van der Waals surface area contributed by atoms with Crippen LogP contribution >= 0.6 is 22.6 Å². The third-order valence-corrected chi connectivity index (χ3v) is 2.94. The van der Waals surface area contributed by atoms with Gasteiger partial charge in [-0.1, -0.05) is 22.6 Å². The van der Waals surface area contributed by atoms with Crippen LogP contribution in [0.3, 0.4) is 0 Å². The van der Waals surface area contributed by atoms with Crippen molar-refractivity contribution >= 4 is 30.4 Å². The molecule has 0 aromatic carbocycles. The molecule has 0 bridgehead atoms. The molecule has 1 aliphatic rings. The Kier molecular flexibility index (Phi) is 2.40. The number of hydrogen-bond donors (Lipinski definition) is 1. The van der Waals surface area contributed by atoms with Crippen LogP contribution in [0.1, 0.15) is 6.92 Å². The first-order chi connectivity index (χ1) is 4.13. The second kappa shape index (κ2) is 2.76. The predicted molar refractivity (Wildman–Crippen MR) is 43.9 cm³/mol. The third kappa shape index (κ3) is 1.41. The third-order valence-electron chi connectivity index (χ3n) is 1.49. The van der Waals surface area contributed by atoms with Crippen molar-refractivity contribution in [2.24, 2.45) is 0 Å². The Morgan fingerprint density at radius 1 is 1.67 bits per heavy atom. The van der Waals surface area contributed by atoms with Crippen LogP contribution in [0.2, 0.25) is 0 Å². The molecule has 1 unspecified atom stereocenters. The predicted octanol–water partition coefficient (Wildman–Crippen LogP) is 0.0642. The summed E-state index contributed by atoms with van der Waals surface area (Å²) in [5, 5.41) is 9.22. The smallest absolute Gasteiger partial charge is 0.110 e. The molecule has 1 rings (SSSR count). The van der Waals surface area contributed by atoms with Crippen LogP contribution in [0, 0.1) is 0 Å². The van der Waals surface area contributed by atoms with Crippen molar-refractivity contribution in [1.82, 2.24) is 0 Å². The highest BCUT2D eigenvalue weighted by Gasteiger charge is 2.35. The lowest BCUT2D eigenvalue weighted by molar-refractivity contribution is 0.0458. The van der Waals surface area contributed by atoms with Gasteiger partial charge in [0.15, 0.2) is 0 Å². The molecule has 4 heteroatoms. The van der Waals surface area contributed by atoms with E-state index >= 15 is 0 Å². The second-order valence-corrected chi connectivity index (χ2v) is 3.68. The first kappa shape index (κ1) is 7.82. The van der Waals surface area contributed by atoms with Gasteiger partial charge in [-0.05, 0) is 6.92 Å². The Balaban J connectivity index is 2.54. The van der Waals surface area contributed by atoms with Gasteiger partial charge < -0.3 is 9.84 Å². The Labute approximate surface area is 69.5 Å². The Morgan fingerprint density at radius 3 is 2.33 bits per heavy atom. The van der Waals surface area contributed by atoms with Gasteiger partial charge in [0.1, 0.15) is 7.85 Å². The van der Waals surface area contributed by atoms with Crippen LogP contribution < -0.4 is 0 Å². The fourth-order valence-corrected chi connectivity index (χ4v) is 1.61. The van der Waals surface area contributed by atoms with Crippen molar-refractivity contribution in [1.29, 1.82) is 0 Å². The van der Waals surface area contributed by atoms with Crippen LogP contribution in [-0.2, 0) is 4.74 Å². The van der Waals surface area contributed by atoms with E-state index in [9.17, 15) is 5.11 Å². The van der Waals surface area contributed by atoms with Gasteiger partial charge in [0.05, 0.1) is 16.1 Å².